The van der Waals surface area contributed by atoms with E-state index in [4.69, 9.17) is 9.47 Å². The van der Waals surface area contributed by atoms with Crippen molar-refractivity contribution in [1.29, 1.82) is 0 Å². The van der Waals surface area contributed by atoms with Gasteiger partial charge in [-0.3, -0.25) is 10.1 Å². The van der Waals surface area contributed by atoms with E-state index in [1.807, 2.05) is 5.32 Å². The molecular formula is C19H25N3O7S. The molecule has 2 N–H and O–H groups in total. The quantitative estimate of drug-likeness (QED) is 0.467. The molecule has 1 fully saturated rings. The average molecular weight is 439 g/mol. The maximum absolute atomic E-state index is 12.6. The minimum atomic E-state index is -3.59. The SMILES string of the molecule is CCNC(=O)NC(=O)C(C)OC(=O)/C=C/c1ccc(S(=O)(=O)N2CCOCC2)cc1. The highest BCUT2D eigenvalue weighted by Crippen LogP contribution is 2.18. The fourth-order valence-electron chi connectivity index (χ4n) is 2.54. The summed E-state index contributed by atoms with van der Waals surface area (Å²) in [7, 11) is -3.59. The van der Waals surface area contributed by atoms with Crippen LogP contribution in [-0.4, -0.2) is 69.6 Å². The molecule has 0 bridgehead atoms. The number of ether oxygens (including phenoxy) is 2. The van der Waals surface area contributed by atoms with Crippen molar-refractivity contribution < 1.29 is 32.3 Å². The lowest BCUT2D eigenvalue weighted by Gasteiger charge is -2.26. The fourth-order valence-corrected chi connectivity index (χ4v) is 3.94. The summed E-state index contributed by atoms with van der Waals surface area (Å²) in [5.41, 5.74) is 0.576. The highest BCUT2D eigenvalue weighted by Gasteiger charge is 2.26. The molecule has 0 saturated carbocycles. The lowest BCUT2D eigenvalue weighted by molar-refractivity contribution is -0.149. The van der Waals surface area contributed by atoms with Gasteiger partial charge in [-0.05, 0) is 37.6 Å². The average Bonchev–Trinajstić information content (AvgIpc) is 2.73. The number of nitrogens with one attached hydrogen (secondary N) is 2. The van der Waals surface area contributed by atoms with E-state index in [0.29, 0.717) is 38.4 Å². The van der Waals surface area contributed by atoms with Gasteiger partial charge in [-0.2, -0.15) is 4.31 Å². The number of imide groups is 1. The van der Waals surface area contributed by atoms with E-state index >= 15 is 0 Å². The first-order valence-corrected chi connectivity index (χ1v) is 10.8. The third-order valence-electron chi connectivity index (χ3n) is 4.14. The summed E-state index contributed by atoms with van der Waals surface area (Å²) in [5, 5.41) is 4.44. The van der Waals surface area contributed by atoms with Crippen LogP contribution in [0.2, 0.25) is 0 Å². The number of urea groups is 1. The Morgan fingerprint density at radius 2 is 1.83 bits per heavy atom. The number of carbonyl (C=O) groups excluding carboxylic acids is 3. The number of morpholine rings is 1. The van der Waals surface area contributed by atoms with E-state index in [-0.39, 0.29) is 4.90 Å². The number of rotatable bonds is 7. The Kier molecular flexibility index (Phi) is 8.51. The Bertz CT molecular complexity index is 891. The Labute approximate surface area is 175 Å². The number of nitrogens with zero attached hydrogens (tertiary/aromatic N) is 1. The van der Waals surface area contributed by atoms with Crippen molar-refractivity contribution in [3.05, 3.63) is 35.9 Å². The molecule has 11 heteroatoms. The molecule has 0 spiro atoms. The molecule has 1 saturated heterocycles. The molecule has 30 heavy (non-hydrogen) atoms. The summed E-state index contributed by atoms with van der Waals surface area (Å²) < 4.78 is 36.6. The van der Waals surface area contributed by atoms with E-state index in [0.717, 1.165) is 6.08 Å². The van der Waals surface area contributed by atoms with E-state index < -0.39 is 34.0 Å². The van der Waals surface area contributed by atoms with Gasteiger partial charge < -0.3 is 14.8 Å². The molecule has 1 heterocycles. The third-order valence-corrected chi connectivity index (χ3v) is 6.05. The molecule has 1 aliphatic heterocycles. The van der Waals surface area contributed by atoms with Gasteiger partial charge in [-0.25, -0.2) is 18.0 Å². The van der Waals surface area contributed by atoms with Crippen LogP contribution in [0.4, 0.5) is 4.79 Å². The number of hydrogen-bond acceptors (Lipinski definition) is 7. The number of amides is 3. The van der Waals surface area contributed by atoms with Crippen LogP contribution in [0.25, 0.3) is 6.08 Å². The van der Waals surface area contributed by atoms with Gasteiger partial charge in [0.15, 0.2) is 6.10 Å². The Hall–Kier alpha value is -2.76. The molecule has 164 valence electrons. The smallest absolute Gasteiger partial charge is 0.331 e. The van der Waals surface area contributed by atoms with Crippen LogP contribution >= 0.6 is 0 Å². The lowest BCUT2D eigenvalue weighted by atomic mass is 10.2. The lowest BCUT2D eigenvalue weighted by Crippen LogP contribution is -2.44. The molecule has 3 amide bonds. The summed E-state index contributed by atoms with van der Waals surface area (Å²) in [4.78, 5) is 35.1. The number of hydrogen-bond donors (Lipinski definition) is 2. The molecule has 0 aliphatic carbocycles. The third kappa shape index (κ3) is 6.65. The van der Waals surface area contributed by atoms with Crippen molar-refractivity contribution in [2.75, 3.05) is 32.8 Å². The Morgan fingerprint density at radius 1 is 1.20 bits per heavy atom. The second kappa shape index (κ2) is 10.9. The van der Waals surface area contributed by atoms with Crippen molar-refractivity contribution in [2.45, 2.75) is 24.8 Å². The molecule has 1 unspecified atom stereocenters. The molecular weight excluding hydrogens is 414 g/mol. The van der Waals surface area contributed by atoms with Crippen molar-refractivity contribution in [3.63, 3.8) is 0 Å². The summed E-state index contributed by atoms with van der Waals surface area (Å²) in [6.45, 7) is 4.73. The van der Waals surface area contributed by atoms with E-state index in [9.17, 15) is 22.8 Å². The van der Waals surface area contributed by atoms with Gasteiger partial charge >= 0.3 is 12.0 Å². The molecule has 2 rings (SSSR count). The van der Waals surface area contributed by atoms with Crippen molar-refractivity contribution in [3.8, 4) is 0 Å². The van der Waals surface area contributed by atoms with Crippen molar-refractivity contribution >= 4 is 34.0 Å². The number of carbonyl (C=O) groups is 3. The largest absolute Gasteiger partial charge is 0.449 e. The first-order chi connectivity index (χ1) is 14.2. The monoisotopic (exact) mass is 439 g/mol. The van der Waals surface area contributed by atoms with Gasteiger partial charge in [0, 0.05) is 25.7 Å². The van der Waals surface area contributed by atoms with Crippen LogP contribution in [0.15, 0.2) is 35.2 Å². The van der Waals surface area contributed by atoms with Gasteiger partial charge in [0.05, 0.1) is 18.1 Å². The summed E-state index contributed by atoms with van der Waals surface area (Å²) in [5.74, 6) is -1.53. The molecule has 0 radical (unpaired) electrons. The van der Waals surface area contributed by atoms with Crippen LogP contribution in [-0.2, 0) is 29.1 Å². The van der Waals surface area contributed by atoms with Crippen LogP contribution in [0, 0.1) is 0 Å². The predicted octanol–water partition coefficient (Wildman–Crippen LogP) is 0.498. The molecule has 10 nitrogen and oxygen atoms in total. The molecule has 0 aromatic heterocycles. The van der Waals surface area contributed by atoms with Gasteiger partial charge in [-0.1, -0.05) is 12.1 Å². The predicted molar refractivity (Wildman–Crippen MR) is 108 cm³/mol. The standard InChI is InChI=1S/C19H25N3O7S/c1-3-20-19(25)21-18(24)14(2)29-17(23)9-6-15-4-7-16(8-5-15)30(26,27)22-10-12-28-13-11-22/h4-9,14H,3,10-13H2,1-2H3,(H2,20,21,24,25)/b9-6+. The van der Waals surface area contributed by atoms with Crippen molar-refractivity contribution in [2.24, 2.45) is 0 Å². The summed E-state index contributed by atoms with van der Waals surface area (Å²) in [6, 6.07) is 5.36. The first-order valence-electron chi connectivity index (χ1n) is 9.39. The van der Waals surface area contributed by atoms with E-state index in [1.165, 1.54) is 29.4 Å². The molecule has 1 aromatic carbocycles. The van der Waals surface area contributed by atoms with Crippen LogP contribution in [0.1, 0.15) is 19.4 Å². The molecule has 1 aliphatic rings. The summed E-state index contributed by atoms with van der Waals surface area (Å²) >= 11 is 0. The molecule has 1 atom stereocenters. The summed E-state index contributed by atoms with van der Waals surface area (Å²) in [6.07, 6.45) is 1.38. The van der Waals surface area contributed by atoms with Gasteiger partial charge in [-0.15, -0.1) is 0 Å². The minimum Gasteiger partial charge on any atom is -0.449 e. The Morgan fingerprint density at radius 3 is 2.43 bits per heavy atom. The van der Waals surface area contributed by atoms with E-state index in [1.54, 1.807) is 19.1 Å². The highest BCUT2D eigenvalue weighted by atomic mass is 32.2. The zero-order chi connectivity index (χ0) is 22.1. The first kappa shape index (κ1) is 23.5. The normalized spacial score (nSPS) is 16.1. The highest BCUT2D eigenvalue weighted by molar-refractivity contribution is 7.89. The second-order valence-corrected chi connectivity index (χ2v) is 8.28. The topological polar surface area (TPSA) is 131 Å². The van der Waals surface area contributed by atoms with Crippen molar-refractivity contribution in [1.82, 2.24) is 14.9 Å². The minimum absolute atomic E-state index is 0.153. The zero-order valence-electron chi connectivity index (χ0n) is 16.8. The van der Waals surface area contributed by atoms with Crippen LogP contribution in [0.3, 0.4) is 0 Å². The van der Waals surface area contributed by atoms with Gasteiger partial charge in [0.1, 0.15) is 0 Å². The van der Waals surface area contributed by atoms with Crippen LogP contribution < -0.4 is 10.6 Å². The van der Waals surface area contributed by atoms with Crippen LogP contribution in [0.5, 0.6) is 0 Å². The zero-order valence-corrected chi connectivity index (χ0v) is 17.6. The molecule has 1 aromatic rings. The van der Waals surface area contributed by atoms with Gasteiger partial charge in [0.2, 0.25) is 10.0 Å². The maximum Gasteiger partial charge on any atom is 0.331 e. The second-order valence-electron chi connectivity index (χ2n) is 6.35. The van der Waals surface area contributed by atoms with E-state index in [2.05, 4.69) is 5.32 Å². The fraction of sp³-hybridized carbons (Fsp3) is 0.421. The Balaban J connectivity index is 1.92. The number of sulfonamides is 1. The number of benzene rings is 1. The number of esters is 1. The maximum atomic E-state index is 12.6. The van der Waals surface area contributed by atoms with Gasteiger partial charge in [0.25, 0.3) is 5.91 Å².